The van der Waals surface area contributed by atoms with Crippen molar-refractivity contribution >= 4 is 11.9 Å². The maximum absolute atomic E-state index is 11.5. The van der Waals surface area contributed by atoms with Crippen LogP contribution in [0.5, 0.6) is 0 Å². The third-order valence-corrected chi connectivity index (χ3v) is 3.32. The minimum absolute atomic E-state index is 0.0159. The lowest BCUT2D eigenvalue weighted by Gasteiger charge is -2.27. The maximum atomic E-state index is 11.5. The molecule has 0 saturated heterocycles. The predicted octanol–water partition coefficient (Wildman–Crippen LogP) is 0.963. The summed E-state index contributed by atoms with van der Waals surface area (Å²) in [6.45, 7) is 2.80. The molecule has 1 fully saturated rings. The molecule has 1 aliphatic carbocycles. The highest BCUT2D eigenvalue weighted by molar-refractivity contribution is 5.76. The van der Waals surface area contributed by atoms with Gasteiger partial charge in [-0.05, 0) is 45.6 Å². The van der Waals surface area contributed by atoms with Gasteiger partial charge in [-0.25, -0.2) is 0 Å². The van der Waals surface area contributed by atoms with Crippen molar-refractivity contribution < 1.29 is 14.3 Å². The molecule has 1 rings (SSSR count). The number of carbonyl (C=O) groups excluding carboxylic acids is 2. The second-order valence-corrected chi connectivity index (χ2v) is 4.76. The highest BCUT2D eigenvalue weighted by Crippen LogP contribution is 2.25. The summed E-state index contributed by atoms with van der Waals surface area (Å²) in [5, 5.41) is 3.00. The highest BCUT2D eigenvalue weighted by Gasteiger charge is 2.27. The van der Waals surface area contributed by atoms with Gasteiger partial charge >= 0.3 is 5.97 Å². The average Bonchev–Trinajstić information content (AvgIpc) is 2.37. The summed E-state index contributed by atoms with van der Waals surface area (Å²) < 4.78 is 5.01. The molecule has 0 aromatic heterocycles. The Hall–Kier alpha value is -1.10. The summed E-state index contributed by atoms with van der Waals surface area (Å²) in [6.07, 6.45) is 4.55. The van der Waals surface area contributed by atoms with Crippen LogP contribution in [-0.4, -0.2) is 31.1 Å². The molecule has 0 aromatic carbocycles. The van der Waals surface area contributed by atoms with Crippen molar-refractivity contribution in [2.75, 3.05) is 13.2 Å². The van der Waals surface area contributed by atoms with Crippen LogP contribution in [0.3, 0.4) is 0 Å². The molecule has 1 amide bonds. The van der Waals surface area contributed by atoms with E-state index in [4.69, 9.17) is 10.5 Å². The second-order valence-electron chi connectivity index (χ2n) is 4.76. The summed E-state index contributed by atoms with van der Waals surface area (Å²) in [4.78, 5) is 23.1. The van der Waals surface area contributed by atoms with Crippen molar-refractivity contribution in [3.05, 3.63) is 0 Å². The molecular weight excluding hydrogens is 232 g/mol. The van der Waals surface area contributed by atoms with Crippen LogP contribution in [0, 0.1) is 5.92 Å². The zero-order valence-electron chi connectivity index (χ0n) is 11.1. The molecule has 0 spiro atoms. The van der Waals surface area contributed by atoms with Gasteiger partial charge in [-0.3, -0.25) is 9.59 Å². The van der Waals surface area contributed by atoms with Crippen molar-refractivity contribution in [1.82, 2.24) is 5.32 Å². The number of nitrogens with two attached hydrogens (primary N) is 1. The van der Waals surface area contributed by atoms with Gasteiger partial charge in [0, 0.05) is 12.5 Å². The van der Waals surface area contributed by atoms with Gasteiger partial charge in [0.25, 0.3) is 0 Å². The number of hydrogen-bond acceptors (Lipinski definition) is 4. The van der Waals surface area contributed by atoms with Crippen molar-refractivity contribution in [3.8, 4) is 0 Å². The number of rotatable bonds is 6. The first-order valence-corrected chi connectivity index (χ1v) is 6.83. The van der Waals surface area contributed by atoms with Crippen LogP contribution in [0.1, 0.15) is 45.4 Å². The smallest absolute Gasteiger partial charge is 0.308 e. The first-order valence-electron chi connectivity index (χ1n) is 6.83. The second kappa shape index (κ2) is 8.08. The molecule has 0 radical (unpaired) electrons. The number of nitrogens with one attached hydrogen (secondary N) is 1. The maximum Gasteiger partial charge on any atom is 0.308 e. The molecule has 0 unspecified atom stereocenters. The summed E-state index contributed by atoms with van der Waals surface area (Å²) in [5.74, 6) is -0.00686. The van der Waals surface area contributed by atoms with Crippen molar-refractivity contribution in [2.45, 2.75) is 51.5 Å². The Labute approximate surface area is 108 Å². The highest BCUT2D eigenvalue weighted by atomic mass is 16.5. The van der Waals surface area contributed by atoms with Gasteiger partial charge in [0.1, 0.15) is 0 Å². The lowest BCUT2D eigenvalue weighted by atomic mass is 9.86. The normalized spacial score (nSPS) is 23.4. The van der Waals surface area contributed by atoms with Crippen molar-refractivity contribution in [3.63, 3.8) is 0 Å². The quantitative estimate of drug-likeness (QED) is 0.694. The molecular formula is C13H24N2O3. The van der Waals surface area contributed by atoms with E-state index in [9.17, 15) is 9.59 Å². The fourth-order valence-corrected chi connectivity index (χ4v) is 2.30. The van der Waals surface area contributed by atoms with Gasteiger partial charge in [0.2, 0.25) is 5.91 Å². The van der Waals surface area contributed by atoms with Crippen LogP contribution in [0.25, 0.3) is 0 Å². The van der Waals surface area contributed by atoms with Gasteiger partial charge in [-0.1, -0.05) is 0 Å². The Bertz CT molecular complexity index is 273. The minimum atomic E-state index is -0.0922. The Morgan fingerprint density at radius 3 is 2.50 bits per heavy atom. The topological polar surface area (TPSA) is 81.4 Å². The van der Waals surface area contributed by atoms with E-state index in [-0.39, 0.29) is 23.8 Å². The third-order valence-electron chi connectivity index (χ3n) is 3.32. The van der Waals surface area contributed by atoms with Crippen LogP contribution >= 0.6 is 0 Å². The van der Waals surface area contributed by atoms with E-state index < -0.39 is 0 Å². The summed E-state index contributed by atoms with van der Waals surface area (Å²) in [6, 6.07) is 0.209. The predicted molar refractivity (Wildman–Crippen MR) is 68.8 cm³/mol. The number of amides is 1. The SMILES string of the molecule is CCOC(=O)C1CCC(NC(=O)CCCN)CC1. The molecule has 18 heavy (non-hydrogen) atoms. The summed E-state index contributed by atoms with van der Waals surface area (Å²) in [7, 11) is 0. The number of hydrogen-bond donors (Lipinski definition) is 2. The first-order chi connectivity index (χ1) is 8.67. The van der Waals surface area contributed by atoms with Gasteiger partial charge in [-0.15, -0.1) is 0 Å². The molecule has 0 aliphatic heterocycles. The zero-order chi connectivity index (χ0) is 13.4. The van der Waals surface area contributed by atoms with E-state index in [2.05, 4.69) is 5.32 Å². The van der Waals surface area contributed by atoms with E-state index >= 15 is 0 Å². The molecule has 0 heterocycles. The Balaban J connectivity index is 2.22. The van der Waals surface area contributed by atoms with E-state index in [0.717, 1.165) is 32.1 Å². The van der Waals surface area contributed by atoms with Gasteiger partial charge < -0.3 is 15.8 Å². The van der Waals surface area contributed by atoms with Gasteiger partial charge in [0.15, 0.2) is 0 Å². The van der Waals surface area contributed by atoms with Crippen LogP contribution in [0.2, 0.25) is 0 Å². The zero-order valence-corrected chi connectivity index (χ0v) is 11.1. The Kier molecular flexibility index (Phi) is 6.72. The number of ether oxygens (including phenoxy) is 1. The van der Waals surface area contributed by atoms with E-state index in [0.29, 0.717) is 19.6 Å². The molecule has 5 nitrogen and oxygen atoms in total. The summed E-state index contributed by atoms with van der Waals surface area (Å²) >= 11 is 0. The van der Waals surface area contributed by atoms with Gasteiger partial charge in [-0.2, -0.15) is 0 Å². The molecule has 5 heteroatoms. The average molecular weight is 256 g/mol. The molecule has 0 atom stereocenters. The van der Waals surface area contributed by atoms with E-state index in [1.54, 1.807) is 0 Å². The Morgan fingerprint density at radius 2 is 1.94 bits per heavy atom. The van der Waals surface area contributed by atoms with Gasteiger partial charge in [0.05, 0.1) is 12.5 Å². The minimum Gasteiger partial charge on any atom is -0.466 e. The van der Waals surface area contributed by atoms with Crippen LogP contribution < -0.4 is 11.1 Å². The fourth-order valence-electron chi connectivity index (χ4n) is 2.30. The standard InChI is InChI=1S/C13H24N2O3/c1-2-18-13(17)10-5-7-11(8-6-10)15-12(16)4-3-9-14/h10-11H,2-9,14H2,1H3,(H,15,16). The van der Waals surface area contributed by atoms with Crippen LogP contribution in [0.4, 0.5) is 0 Å². The summed E-state index contributed by atoms with van der Waals surface area (Å²) in [5.41, 5.74) is 5.36. The largest absolute Gasteiger partial charge is 0.466 e. The monoisotopic (exact) mass is 256 g/mol. The fraction of sp³-hybridized carbons (Fsp3) is 0.846. The molecule has 0 bridgehead atoms. The molecule has 1 saturated carbocycles. The number of carbonyl (C=O) groups is 2. The van der Waals surface area contributed by atoms with Crippen LogP contribution in [0.15, 0.2) is 0 Å². The molecule has 104 valence electrons. The Morgan fingerprint density at radius 1 is 1.28 bits per heavy atom. The third kappa shape index (κ3) is 5.04. The van der Waals surface area contributed by atoms with E-state index in [1.165, 1.54) is 0 Å². The molecule has 3 N–H and O–H groups in total. The van der Waals surface area contributed by atoms with E-state index in [1.807, 2.05) is 6.92 Å². The molecule has 0 aromatic rings. The number of esters is 1. The molecule has 1 aliphatic rings. The van der Waals surface area contributed by atoms with Crippen molar-refractivity contribution in [2.24, 2.45) is 11.7 Å². The van der Waals surface area contributed by atoms with Crippen molar-refractivity contribution in [1.29, 1.82) is 0 Å². The lowest BCUT2D eigenvalue weighted by molar-refractivity contribution is -0.149. The van der Waals surface area contributed by atoms with Crippen LogP contribution in [-0.2, 0) is 14.3 Å². The first kappa shape index (κ1) is 15.0. The lowest BCUT2D eigenvalue weighted by Crippen LogP contribution is -2.39.